The van der Waals surface area contributed by atoms with Crippen LogP contribution in [0, 0.1) is 0 Å². The van der Waals surface area contributed by atoms with Crippen molar-refractivity contribution in [2.24, 2.45) is 0 Å². The zero-order chi connectivity index (χ0) is 46.1. The van der Waals surface area contributed by atoms with Crippen molar-refractivity contribution in [2.75, 3.05) is 9.80 Å². The van der Waals surface area contributed by atoms with Crippen LogP contribution in [0.2, 0.25) is 0 Å². The van der Waals surface area contributed by atoms with Gasteiger partial charge in [-0.05, 0) is 106 Å². The van der Waals surface area contributed by atoms with Gasteiger partial charge < -0.3 is 18.9 Å². The minimum Gasteiger partial charge on any atom is -0.308 e. The van der Waals surface area contributed by atoms with E-state index in [2.05, 4.69) is 286 Å². The van der Waals surface area contributed by atoms with Crippen LogP contribution < -0.4 is 9.80 Å². The molecular weight excluding hydrogens is 849 g/mol. The first kappa shape index (κ1) is 39.8. The highest BCUT2D eigenvalue weighted by atomic mass is 15.2. The number of rotatable bonds is 8. The summed E-state index contributed by atoms with van der Waals surface area (Å²) in [6, 6.07) is 97.4. The fourth-order valence-corrected chi connectivity index (χ4v) is 11.3. The maximum atomic E-state index is 2.47. The third-order valence-corrected chi connectivity index (χ3v) is 14.2. The molecule has 14 aromatic rings. The maximum Gasteiger partial charge on any atom is 0.0702 e. The molecule has 328 valence electrons. The van der Waals surface area contributed by atoms with Crippen molar-refractivity contribution < 1.29 is 0 Å². The Morgan fingerprint density at radius 1 is 0.229 bits per heavy atom. The van der Waals surface area contributed by atoms with E-state index in [1.165, 1.54) is 70.5 Å². The fraction of sp³-hybridized carbons (Fsp3) is 0. The number of aromatic nitrogens is 2. The lowest BCUT2D eigenvalue weighted by Crippen LogP contribution is -2.14. The molecule has 2 heterocycles. The van der Waals surface area contributed by atoms with E-state index in [1.54, 1.807) is 0 Å². The third kappa shape index (κ3) is 6.10. The highest BCUT2D eigenvalue weighted by molar-refractivity contribution is 6.27. The molecule has 0 aliphatic rings. The molecule has 0 saturated carbocycles. The molecule has 0 N–H and O–H groups in total. The Labute approximate surface area is 405 Å². The summed E-state index contributed by atoms with van der Waals surface area (Å²) in [4.78, 5) is 4.95. The zero-order valence-corrected chi connectivity index (χ0v) is 38.2. The Morgan fingerprint density at radius 3 is 0.886 bits per heavy atom. The second-order valence-corrected chi connectivity index (χ2v) is 18.0. The number of hydrogen-bond donors (Lipinski definition) is 0. The van der Waals surface area contributed by atoms with Gasteiger partial charge in [-0.1, -0.05) is 182 Å². The van der Waals surface area contributed by atoms with Crippen molar-refractivity contribution in [3.63, 3.8) is 0 Å². The van der Waals surface area contributed by atoms with Crippen LogP contribution in [0.25, 0.3) is 87.3 Å². The lowest BCUT2D eigenvalue weighted by atomic mass is 9.93. The van der Waals surface area contributed by atoms with Crippen molar-refractivity contribution in [3.8, 4) is 11.4 Å². The summed E-state index contributed by atoms with van der Waals surface area (Å²) in [6.45, 7) is 0. The van der Waals surface area contributed by atoms with Crippen LogP contribution in [-0.4, -0.2) is 9.13 Å². The Balaban J connectivity index is 1.07. The van der Waals surface area contributed by atoms with Crippen LogP contribution in [0.5, 0.6) is 0 Å². The number of para-hydroxylation sites is 10. The van der Waals surface area contributed by atoms with Crippen molar-refractivity contribution >= 4 is 110 Å². The molecule has 4 heteroatoms. The number of anilines is 6. The molecular formula is C66H44N4. The highest BCUT2D eigenvalue weighted by Crippen LogP contribution is 2.50. The summed E-state index contributed by atoms with van der Waals surface area (Å²) >= 11 is 0. The first-order chi connectivity index (χ1) is 34.8. The summed E-state index contributed by atoms with van der Waals surface area (Å²) < 4.78 is 4.88. The number of nitrogens with zero attached hydrogens (tertiary/aromatic N) is 4. The monoisotopic (exact) mass is 892 g/mol. The van der Waals surface area contributed by atoms with Gasteiger partial charge in [0.05, 0.1) is 56.2 Å². The van der Waals surface area contributed by atoms with E-state index in [-0.39, 0.29) is 0 Å². The summed E-state index contributed by atoms with van der Waals surface area (Å²) in [7, 11) is 0. The normalized spacial score (nSPS) is 11.7. The van der Waals surface area contributed by atoms with Crippen molar-refractivity contribution in [2.45, 2.75) is 0 Å². The van der Waals surface area contributed by atoms with Crippen LogP contribution >= 0.6 is 0 Å². The SMILES string of the molecule is c1ccc(N(c2ccccc2-n2c3ccccc3c3ccccc32)c2cc3cc(N(c4ccccc4)c4ccccc4-n4c5ccccc5c5ccccc54)c4ccccc4c3c3ccccc23)cc1. The molecule has 0 aliphatic heterocycles. The second-order valence-electron chi connectivity index (χ2n) is 18.0. The average Bonchev–Trinajstić information content (AvgIpc) is 3.95. The van der Waals surface area contributed by atoms with Crippen LogP contribution in [-0.2, 0) is 0 Å². The Morgan fingerprint density at radius 2 is 0.514 bits per heavy atom. The third-order valence-electron chi connectivity index (χ3n) is 14.2. The molecule has 70 heavy (non-hydrogen) atoms. The summed E-state index contributed by atoms with van der Waals surface area (Å²) in [6.07, 6.45) is 0. The molecule has 0 radical (unpaired) electrons. The number of benzene rings is 12. The van der Waals surface area contributed by atoms with E-state index >= 15 is 0 Å². The smallest absolute Gasteiger partial charge is 0.0702 e. The topological polar surface area (TPSA) is 16.3 Å². The molecule has 2 aromatic heterocycles. The van der Waals surface area contributed by atoms with Crippen molar-refractivity contribution in [3.05, 3.63) is 267 Å². The van der Waals surface area contributed by atoms with E-state index in [4.69, 9.17) is 0 Å². The predicted octanol–water partition coefficient (Wildman–Crippen LogP) is 18.3. The fourth-order valence-electron chi connectivity index (χ4n) is 11.3. The van der Waals surface area contributed by atoms with Crippen LogP contribution in [0.3, 0.4) is 0 Å². The van der Waals surface area contributed by atoms with Gasteiger partial charge in [0, 0.05) is 43.7 Å². The summed E-state index contributed by atoms with van der Waals surface area (Å²) in [5, 5.41) is 12.1. The van der Waals surface area contributed by atoms with Crippen molar-refractivity contribution in [1.82, 2.24) is 9.13 Å². The molecule has 0 amide bonds. The zero-order valence-electron chi connectivity index (χ0n) is 38.2. The van der Waals surface area contributed by atoms with E-state index in [9.17, 15) is 0 Å². The Bertz CT molecular complexity index is 3940. The van der Waals surface area contributed by atoms with Gasteiger partial charge in [-0.15, -0.1) is 0 Å². The minimum absolute atomic E-state index is 1.08. The van der Waals surface area contributed by atoms with Crippen molar-refractivity contribution in [1.29, 1.82) is 0 Å². The van der Waals surface area contributed by atoms with Crippen LogP contribution in [0.15, 0.2) is 267 Å². The van der Waals surface area contributed by atoms with E-state index in [1.807, 2.05) is 0 Å². The molecule has 0 bridgehead atoms. The number of fused-ring (bicyclic) bond motifs is 11. The first-order valence-electron chi connectivity index (χ1n) is 24.0. The molecule has 14 rings (SSSR count). The molecule has 0 saturated heterocycles. The van der Waals surface area contributed by atoms with Crippen LogP contribution in [0.4, 0.5) is 34.1 Å². The molecule has 4 nitrogen and oxygen atoms in total. The summed E-state index contributed by atoms with van der Waals surface area (Å²) in [5.74, 6) is 0. The van der Waals surface area contributed by atoms with Gasteiger partial charge in [0.25, 0.3) is 0 Å². The standard InChI is InChI=1S/C66H44N4/c1-3-23-46(24-4-1)67(60-39-19-21-41-62(60)69-56-35-15-11-27-48(56)49-28-12-16-36-57(49)69)64-43-45-44-65(53-32-8-10-34-55(53)66(45)54-33-9-7-31-52(54)64)68(47-25-5-2-6-26-47)61-40-20-22-42-63(61)70-58-37-17-13-29-50(58)51-30-14-18-38-59(51)70/h1-44H. The van der Waals surface area contributed by atoms with Gasteiger partial charge in [-0.2, -0.15) is 0 Å². The Hall–Kier alpha value is -9.38. The Kier molecular flexibility index (Phi) is 9.17. The first-order valence-corrected chi connectivity index (χ1v) is 24.0. The van der Waals surface area contributed by atoms with E-state index in [0.717, 1.165) is 50.9 Å². The largest absolute Gasteiger partial charge is 0.308 e. The van der Waals surface area contributed by atoms with E-state index in [0.29, 0.717) is 0 Å². The van der Waals surface area contributed by atoms with Gasteiger partial charge in [0.1, 0.15) is 0 Å². The van der Waals surface area contributed by atoms with Gasteiger partial charge in [-0.3, -0.25) is 0 Å². The van der Waals surface area contributed by atoms with Crippen LogP contribution in [0.1, 0.15) is 0 Å². The lowest BCUT2D eigenvalue weighted by molar-refractivity contribution is 1.15. The molecule has 0 aliphatic carbocycles. The minimum atomic E-state index is 1.08. The molecule has 0 atom stereocenters. The summed E-state index contributed by atoms with van der Waals surface area (Å²) in [5.41, 5.74) is 13.4. The van der Waals surface area contributed by atoms with Gasteiger partial charge in [0.2, 0.25) is 0 Å². The molecule has 0 spiro atoms. The molecule has 0 unspecified atom stereocenters. The number of hydrogen-bond acceptors (Lipinski definition) is 2. The lowest BCUT2D eigenvalue weighted by Gasteiger charge is -2.31. The highest BCUT2D eigenvalue weighted by Gasteiger charge is 2.26. The van der Waals surface area contributed by atoms with Gasteiger partial charge >= 0.3 is 0 Å². The quantitative estimate of drug-likeness (QED) is 0.141. The molecule has 0 fully saturated rings. The predicted molar refractivity (Wildman–Crippen MR) is 297 cm³/mol. The average molecular weight is 893 g/mol. The second kappa shape index (κ2) is 16.2. The maximum absolute atomic E-state index is 2.47. The molecule has 12 aromatic carbocycles. The van der Waals surface area contributed by atoms with E-state index < -0.39 is 0 Å². The van der Waals surface area contributed by atoms with Gasteiger partial charge in [0.15, 0.2) is 0 Å². The van der Waals surface area contributed by atoms with Gasteiger partial charge in [-0.25, -0.2) is 0 Å².